The molecule has 1 N–H and O–H groups in total. The Morgan fingerprint density at radius 3 is 2.89 bits per heavy atom. The minimum Gasteiger partial charge on any atom is -0.352 e. The second kappa shape index (κ2) is 7.74. The van der Waals surface area contributed by atoms with Gasteiger partial charge in [-0.05, 0) is 37.0 Å². The molecule has 100 valence electrons. The largest absolute Gasteiger partial charge is 0.352 e. The second-order valence-corrected chi connectivity index (χ2v) is 5.34. The SMILES string of the molecule is CC(CBr)CCCNC(=O)c1ccc(Cl)c(F)c1. The molecule has 0 radical (unpaired) electrons. The van der Waals surface area contributed by atoms with E-state index in [2.05, 4.69) is 28.2 Å². The van der Waals surface area contributed by atoms with Crippen molar-refractivity contribution in [3.8, 4) is 0 Å². The molecule has 18 heavy (non-hydrogen) atoms. The lowest BCUT2D eigenvalue weighted by atomic mass is 10.1. The minimum absolute atomic E-state index is 0.0256. The van der Waals surface area contributed by atoms with Gasteiger partial charge in [0.25, 0.3) is 5.91 Å². The van der Waals surface area contributed by atoms with Crippen molar-refractivity contribution in [3.63, 3.8) is 0 Å². The zero-order chi connectivity index (χ0) is 13.5. The zero-order valence-corrected chi connectivity index (χ0v) is 12.5. The van der Waals surface area contributed by atoms with Crippen molar-refractivity contribution in [1.29, 1.82) is 0 Å². The summed E-state index contributed by atoms with van der Waals surface area (Å²) in [5.74, 6) is -0.246. The van der Waals surface area contributed by atoms with E-state index in [1.807, 2.05) is 0 Å². The van der Waals surface area contributed by atoms with Crippen molar-refractivity contribution < 1.29 is 9.18 Å². The number of alkyl halides is 1. The standard InChI is InChI=1S/C13H16BrClFNO/c1-9(8-14)3-2-6-17-13(18)10-4-5-11(15)12(16)7-10/h4-5,7,9H,2-3,6,8H2,1H3,(H,17,18). The lowest BCUT2D eigenvalue weighted by Gasteiger charge is -2.08. The van der Waals surface area contributed by atoms with Crippen LogP contribution in [0.1, 0.15) is 30.1 Å². The highest BCUT2D eigenvalue weighted by Gasteiger charge is 2.08. The van der Waals surface area contributed by atoms with Crippen molar-refractivity contribution in [2.75, 3.05) is 11.9 Å². The van der Waals surface area contributed by atoms with E-state index in [0.29, 0.717) is 18.0 Å². The van der Waals surface area contributed by atoms with Crippen molar-refractivity contribution in [2.24, 2.45) is 5.92 Å². The van der Waals surface area contributed by atoms with E-state index < -0.39 is 5.82 Å². The number of amides is 1. The molecule has 2 nitrogen and oxygen atoms in total. The highest BCUT2D eigenvalue weighted by molar-refractivity contribution is 9.09. The zero-order valence-electron chi connectivity index (χ0n) is 10.2. The highest BCUT2D eigenvalue weighted by atomic mass is 79.9. The summed E-state index contributed by atoms with van der Waals surface area (Å²) in [7, 11) is 0. The maximum Gasteiger partial charge on any atom is 0.251 e. The van der Waals surface area contributed by atoms with Gasteiger partial charge in [-0.15, -0.1) is 0 Å². The van der Waals surface area contributed by atoms with E-state index in [-0.39, 0.29) is 10.9 Å². The predicted octanol–water partition coefficient (Wildman–Crippen LogP) is 4.02. The first-order valence-corrected chi connectivity index (χ1v) is 7.33. The molecule has 5 heteroatoms. The Balaban J connectivity index is 2.39. The molecule has 0 aliphatic rings. The van der Waals surface area contributed by atoms with Gasteiger partial charge < -0.3 is 5.32 Å². The summed E-state index contributed by atoms with van der Waals surface area (Å²) in [6.07, 6.45) is 1.95. The van der Waals surface area contributed by atoms with Crippen LogP contribution in [0.25, 0.3) is 0 Å². The van der Waals surface area contributed by atoms with E-state index in [4.69, 9.17) is 11.6 Å². The molecule has 0 bridgehead atoms. The Hall–Kier alpha value is -0.610. The molecule has 0 fully saturated rings. The summed E-state index contributed by atoms with van der Waals surface area (Å²) in [5, 5.41) is 3.75. The Labute approximate surface area is 120 Å². The molecule has 0 spiro atoms. The molecule has 0 aliphatic heterocycles. The van der Waals surface area contributed by atoms with Crippen molar-refractivity contribution in [3.05, 3.63) is 34.6 Å². The monoisotopic (exact) mass is 335 g/mol. The molecule has 1 atom stereocenters. The van der Waals surface area contributed by atoms with Crippen LogP contribution in [0.15, 0.2) is 18.2 Å². The van der Waals surface area contributed by atoms with Crippen molar-refractivity contribution >= 4 is 33.4 Å². The third-order valence-corrected chi connectivity index (χ3v) is 4.02. The summed E-state index contributed by atoms with van der Waals surface area (Å²) in [6.45, 7) is 2.74. The van der Waals surface area contributed by atoms with E-state index in [9.17, 15) is 9.18 Å². The van der Waals surface area contributed by atoms with Crippen LogP contribution in [0.4, 0.5) is 4.39 Å². The van der Waals surface area contributed by atoms with Gasteiger partial charge >= 0.3 is 0 Å². The molecule has 0 aromatic heterocycles. The van der Waals surface area contributed by atoms with E-state index in [1.54, 1.807) is 0 Å². The van der Waals surface area contributed by atoms with Gasteiger partial charge in [-0.1, -0.05) is 34.5 Å². The summed E-state index contributed by atoms with van der Waals surface area (Å²) >= 11 is 8.96. The number of benzene rings is 1. The van der Waals surface area contributed by atoms with Crippen LogP contribution < -0.4 is 5.32 Å². The third-order valence-electron chi connectivity index (χ3n) is 2.60. The van der Waals surface area contributed by atoms with Crippen LogP contribution in [0.2, 0.25) is 5.02 Å². The van der Waals surface area contributed by atoms with E-state index in [1.165, 1.54) is 12.1 Å². The molecule has 1 unspecified atom stereocenters. The summed E-state index contributed by atoms with van der Waals surface area (Å²) < 4.78 is 13.2. The normalized spacial score (nSPS) is 12.2. The average Bonchev–Trinajstić information content (AvgIpc) is 2.37. The molecular formula is C13H16BrClFNO. The summed E-state index contributed by atoms with van der Waals surface area (Å²) in [5.41, 5.74) is 0.297. The van der Waals surface area contributed by atoms with Gasteiger partial charge in [0.1, 0.15) is 5.82 Å². The molecule has 0 saturated carbocycles. The molecule has 1 aromatic carbocycles. The fourth-order valence-electron chi connectivity index (χ4n) is 1.47. The molecular weight excluding hydrogens is 321 g/mol. The maximum atomic E-state index is 13.2. The molecule has 0 aliphatic carbocycles. The maximum absolute atomic E-state index is 13.2. The Morgan fingerprint density at radius 1 is 1.56 bits per heavy atom. The van der Waals surface area contributed by atoms with Crippen LogP contribution in [-0.4, -0.2) is 17.8 Å². The summed E-state index contributed by atoms with van der Waals surface area (Å²) in [6, 6.07) is 4.05. The van der Waals surface area contributed by atoms with Gasteiger partial charge in [0.05, 0.1) is 5.02 Å². The van der Waals surface area contributed by atoms with Crippen LogP contribution in [0, 0.1) is 11.7 Å². The number of rotatable bonds is 6. The van der Waals surface area contributed by atoms with Crippen LogP contribution in [0.3, 0.4) is 0 Å². The fraction of sp³-hybridized carbons (Fsp3) is 0.462. The number of carbonyl (C=O) groups is 1. The van der Waals surface area contributed by atoms with Gasteiger partial charge in [-0.3, -0.25) is 4.79 Å². The average molecular weight is 337 g/mol. The van der Waals surface area contributed by atoms with E-state index >= 15 is 0 Å². The fourth-order valence-corrected chi connectivity index (χ4v) is 1.91. The number of hydrogen-bond acceptors (Lipinski definition) is 1. The molecule has 0 heterocycles. The topological polar surface area (TPSA) is 29.1 Å². The molecule has 1 amide bonds. The van der Waals surface area contributed by atoms with Gasteiger partial charge in [0, 0.05) is 17.4 Å². The smallest absolute Gasteiger partial charge is 0.251 e. The quantitative estimate of drug-likeness (QED) is 0.617. The third kappa shape index (κ3) is 4.94. The Kier molecular flexibility index (Phi) is 6.65. The van der Waals surface area contributed by atoms with Crippen LogP contribution >= 0.6 is 27.5 Å². The van der Waals surface area contributed by atoms with E-state index in [0.717, 1.165) is 24.2 Å². The van der Waals surface area contributed by atoms with Gasteiger partial charge in [-0.2, -0.15) is 0 Å². The first-order valence-electron chi connectivity index (χ1n) is 5.83. The number of halogens is 3. The Bertz CT molecular complexity index is 414. The molecule has 1 aromatic rings. The van der Waals surface area contributed by atoms with Gasteiger partial charge in [0.2, 0.25) is 0 Å². The predicted molar refractivity (Wildman–Crippen MR) is 75.9 cm³/mol. The lowest BCUT2D eigenvalue weighted by molar-refractivity contribution is 0.0952. The lowest BCUT2D eigenvalue weighted by Crippen LogP contribution is -2.24. The van der Waals surface area contributed by atoms with Crippen LogP contribution in [0.5, 0.6) is 0 Å². The van der Waals surface area contributed by atoms with Gasteiger partial charge in [0.15, 0.2) is 0 Å². The highest BCUT2D eigenvalue weighted by Crippen LogP contribution is 2.15. The van der Waals surface area contributed by atoms with Crippen molar-refractivity contribution in [2.45, 2.75) is 19.8 Å². The molecule has 1 rings (SSSR count). The first-order chi connectivity index (χ1) is 8.54. The second-order valence-electron chi connectivity index (χ2n) is 4.29. The summed E-state index contributed by atoms with van der Waals surface area (Å²) in [4.78, 5) is 11.7. The first kappa shape index (κ1) is 15.4. The molecule has 0 saturated heterocycles. The number of hydrogen-bond donors (Lipinski definition) is 1. The minimum atomic E-state index is -0.572. The van der Waals surface area contributed by atoms with Crippen LogP contribution in [-0.2, 0) is 0 Å². The number of nitrogens with one attached hydrogen (secondary N) is 1. The number of carbonyl (C=O) groups excluding carboxylic acids is 1. The van der Waals surface area contributed by atoms with Gasteiger partial charge in [-0.25, -0.2) is 4.39 Å². The van der Waals surface area contributed by atoms with Crippen molar-refractivity contribution in [1.82, 2.24) is 5.32 Å². The Morgan fingerprint density at radius 2 is 2.28 bits per heavy atom.